The number of para-hydroxylation sites is 1. The van der Waals surface area contributed by atoms with Gasteiger partial charge in [0.2, 0.25) is 10.0 Å². The second-order valence-corrected chi connectivity index (χ2v) is 9.76. The smallest absolute Gasteiger partial charge is 0.252 e. The van der Waals surface area contributed by atoms with Gasteiger partial charge < -0.3 is 14.8 Å². The Morgan fingerprint density at radius 2 is 1.87 bits per heavy atom. The van der Waals surface area contributed by atoms with Crippen molar-refractivity contribution < 1.29 is 22.7 Å². The quantitative estimate of drug-likeness (QED) is 0.725. The largest absolute Gasteiger partial charge is 0.488 e. The summed E-state index contributed by atoms with van der Waals surface area (Å²) in [5.41, 5.74) is 1.13. The number of benzene rings is 2. The highest BCUT2D eigenvalue weighted by molar-refractivity contribution is 7.89. The first-order valence-electron chi connectivity index (χ1n) is 9.46. The van der Waals surface area contributed by atoms with Gasteiger partial charge >= 0.3 is 0 Å². The van der Waals surface area contributed by atoms with E-state index in [0.717, 1.165) is 11.3 Å². The Morgan fingerprint density at radius 1 is 1.13 bits per heavy atom. The lowest BCUT2D eigenvalue weighted by atomic mass is 10.1. The van der Waals surface area contributed by atoms with Crippen LogP contribution in [0, 0.1) is 0 Å². The minimum Gasteiger partial charge on any atom is -0.488 e. The Morgan fingerprint density at radius 3 is 2.60 bits per heavy atom. The van der Waals surface area contributed by atoms with Crippen molar-refractivity contribution in [2.75, 3.05) is 32.8 Å². The van der Waals surface area contributed by atoms with Gasteiger partial charge in [0.1, 0.15) is 16.7 Å². The first-order valence-corrected chi connectivity index (χ1v) is 11.7. The van der Waals surface area contributed by atoms with Gasteiger partial charge in [-0.1, -0.05) is 41.4 Å². The molecule has 4 rings (SSSR count). The maximum absolute atomic E-state index is 13.0. The Labute approximate surface area is 184 Å². The number of rotatable bonds is 5. The monoisotopic (exact) mass is 470 g/mol. The number of sulfonamides is 1. The molecular formula is C20H20Cl2N2O5S. The Kier molecular flexibility index (Phi) is 6.22. The number of morpholine rings is 1. The molecule has 30 heavy (non-hydrogen) atoms. The highest BCUT2D eigenvalue weighted by Crippen LogP contribution is 2.31. The van der Waals surface area contributed by atoms with Crippen LogP contribution in [-0.4, -0.2) is 57.6 Å². The summed E-state index contributed by atoms with van der Waals surface area (Å²) in [6.07, 6.45) is 0.482. The van der Waals surface area contributed by atoms with Crippen molar-refractivity contribution in [2.24, 2.45) is 0 Å². The molecule has 1 atom stereocenters. The number of nitrogens with zero attached hydrogens (tertiary/aromatic N) is 1. The summed E-state index contributed by atoms with van der Waals surface area (Å²) in [5, 5.41) is 2.82. The van der Waals surface area contributed by atoms with Gasteiger partial charge in [-0.2, -0.15) is 4.31 Å². The molecule has 0 saturated carbocycles. The van der Waals surface area contributed by atoms with Crippen LogP contribution in [0.3, 0.4) is 0 Å². The standard InChI is InChI=1S/C20H20Cl2N2O5S/c21-16-11-17(22)19(30(26,27)24-5-7-28-8-6-24)10-15(16)20(25)23-12-14-9-13-3-1-2-4-18(13)29-14/h1-4,10-11,14H,5-9,12H2,(H,23,25). The fourth-order valence-electron chi connectivity index (χ4n) is 3.50. The zero-order chi connectivity index (χ0) is 21.3. The fourth-order valence-corrected chi connectivity index (χ4v) is 5.74. The van der Waals surface area contributed by atoms with E-state index in [4.69, 9.17) is 32.7 Å². The van der Waals surface area contributed by atoms with Crippen molar-refractivity contribution >= 4 is 39.1 Å². The number of fused-ring (bicyclic) bond motifs is 1. The molecule has 1 saturated heterocycles. The van der Waals surface area contributed by atoms with Gasteiger partial charge in [0, 0.05) is 19.5 Å². The van der Waals surface area contributed by atoms with E-state index in [1.807, 2.05) is 24.3 Å². The van der Waals surface area contributed by atoms with Crippen molar-refractivity contribution in [2.45, 2.75) is 17.4 Å². The van der Waals surface area contributed by atoms with Crippen LogP contribution in [-0.2, 0) is 21.2 Å². The third-order valence-corrected chi connectivity index (χ3v) is 7.73. The Bertz CT molecular complexity index is 1050. The van der Waals surface area contributed by atoms with Crippen LogP contribution in [0.4, 0.5) is 0 Å². The van der Waals surface area contributed by atoms with Crippen molar-refractivity contribution in [3.05, 3.63) is 57.6 Å². The summed E-state index contributed by atoms with van der Waals surface area (Å²) in [4.78, 5) is 12.6. The van der Waals surface area contributed by atoms with Gasteiger partial charge in [-0.15, -0.1) is 0 Å². The highest BCUT2D eigenvalue weighted by Gasteiger charge is 2.30. The summed E-state index contributed by atoms with van der Waals surface area (Å²) in [5.74, 6) is 0.315. The summed E-state index contributed by atoms with van der Waals surface area (Å²) in [6, 6.07) is 10.2. The van der Waals surface area contributed by atoms with E-state index < -0.39 is 15.9 Å². The Hall–Kier alpha value is -1.84. The zero-order valence-electron chi connectivity index (χ0n) is 15.9. The second kappa shape index (κ2) is 8.72. The van der Waals surface area contributed by atoms with Crippen LogP contribution in [0.1, 0.15) is 15.9 Å². The predicted octanol–water partition coefficient (Wildman–Crippen LogP) is 2.75. The molecule has 0 spiro atoms. The number of carbonyl (C=O) groups is 1. The molecule has 1 N–H and O–H groups in total. The lowest BCUT2D eigenvalue weighted by Crippen LogP contribution is -2.40. The second-order valence-electron chi connectivity index (χ2n) is 7.04. The SMILES string of the molecule is O=C(NCC1Cc2ccccc2O1)c1cc(S(=O)(=O)N2CCOCC2)c(Cl)cc1Cl. The van der Waals surface area contributed by atoms with Crippen LogP contribution in [0.5, 0.6) is 5.75 Å². The summed E-state index contributed by atoms with van der Waals surface area (Å²) in [6.45, 7) is 1.33. The van der Waals surface area contributed by atoms with E-state index in [1.165, 1.54) is 16.4 Å². The van der Waals surface area contributed by atoms with Gasteiger partial charge in [-0.05, 0) is 23.8 Å². The number of hydrogen-bond donors (Lipinski definition) is 1. The molecule has 2 aromatic rings. The zero-order valence-corrected chi connectivity index (χ0v) is 18.3. The molecule has 0 aromatic heterocycles. The first-order chi connectivity index (χ1) is 14.4. The maximum atomic E-state index is 13.0. The minimum absolute atomic E-state index is 0.0300. The lowest BCUT2D eigenvalue weighted by molar-refractivity contribution is 0.0730. The summed E-state index contributed by atoms with van der Waals surface area (Å²) in [7, 11) is -3.87. The lowest BCUT2D eigenvalue weighted by Gasteiger charge is -2.26. The van der Waals surface area contributed by atoms with Crippen LogP contribution < -0.4 is 10.1 Å². The number of ether oxygens (including phenoxy) is 2. The topological polar surface area (TPSA) is 84.9 Å². The van der Waals surface area contributed by atoms with Crippen LogP contribution in [0.15, 0.2) is 41.3 Å². The molecule has 2 aromatic carbocycles. The van der Waals surface area contributed by atoms with Crippen LogP contribution in [0.2, 0.25) is 10.0 Å². The molecule has 0 aliphatic carbocycles. The van der Waals surface area contributed by atoms with Gasteiger partial charge in [-0.25, -0.2) is 8.42 Å². The van der Waals surface area contributed by atoms with E-state index in [9.17, 15) is 13.2 Å². The molecule has 1 unspecified atom stereocenters. The molecule has 7 nitrogen and oxygen atoms in total. The van der Waals surface area contributed by atoms with E-state index in [1.54, 1.807) is 0 Å². The average Bonchev–Trinajstić information content (AvgIpc) is 3.15. The Balaban J connectivity index is 1.50. The molecule has 0 bridgehead atoms. The molecule has 2 aliphatic rings. The third kappa shape index (κ3) is 4.29. The van der Waals surface area contributed by atoms with Gasteiger partial charge in [0.05, 0.1) is 35.4 Å². The number of amides is 1. The van der Waals surface area contributed by atoms with Gasteiger partial charge in [0.15, 0.2) is 0 Å². The van der Waals surface area contributed by atoms with E-state index >= 15 is 0 Å². The average molecular weight is 471 g/mol. The molecular weight excluding hydrogens is 451 g/mol. The number of halogens is 2. The number of nitrogens with one attached hydrogen (secondary N) is 1. The predicted molar refractivity (Wildman–Crippen MR) is 113 cm³/mol. The van der Waals surface area contributed by atoms with E-state index in [-0.39, 0.29) is 46.2 Å². The fraction of sp³-hybridized carbons (Fsp3) is 0.350. The highest BCUT2D eigenvalue weighted by atomic mass is 35.5. The maximum Gasteiger partial charge on any atom is 0.252 e. The van der Waals surface area contributed by atoms with E-state index in [2.05, 4.69) is 5.32 Å². The van der Waals surface area contributed by atoms with Crippen LogP contribution in [0.25, 0.3) is 0 Å². The first kappa shape index (κ1) is 21.4. The third-order valence-electron chi connectivity index (χ3n) is 5.06. The summed E-state index contributed by atoms with van der Waals surface area (Å²) >= 11 is 12.4. The van der Waals surface area contributed by atoms with Crippen molar-refractivity contribution in [3.8, 4) is 5.75 Å². The molecule has 1 amide bonds. The normalized spacial score (nSPS) is 19.2. The molecule has 10 heteroatoms. The van der Waals surface area contributed by atoms with Crippen molar-refractivity contribution in [3.63, 3.8) is 0 Å². The molecule has 1 fully saturated rings. The molecule has 2 aliphatic heterocycles. The van der Waals surface area contributed by atoms with Gasteiger partial charge in [-0.3, -0.25) is 4.79 Å². The number of carbonyl (C=O) groups excluding carboxylic acids is 1. The van der Waals surface area contributed by atoms with Gasteiger partial charge in [0.25, 0.3) is 5.91 Å². The summed E-state index contributed by atoms with van der Waals surface area (Å²) < 4.78 is 38.3. The van der Waals surface area contributed by atoms with Crippen molar-refractivity contribution in [1.29, 1.82) is 0 Å². The van der Waals surface area contributed by atoms with Crippen molar-refractivity contribution in [1.82, 2.24) is 9.62 Å². The van der Waals surface area contributed by atoms with Crippen LogP contribution >= 0.6 is 23.2 Å². The van der Waals surface area contributed by atoms with E-state index in [0.29, 0.717) is 19.6 Å². The molecule has 160 valence electrons. The number of hydrogen-bond acceptors (Lipinski definition) is 5. The molecule has 2 heterocycles. The molecule has 0 radical (unpaired) electrons. The minimum atomic E-state index is -3.87.